The van der Waals surface area contributed by atoms with Gasteiger partial charge in [-0.05, 0) is 25.1 Å². The predicted molar refractivity (Wildman–Crippen MR) is 81.2 cm³/mol. The van der Waals surface area contributed by atoms with Gasteiger partial charge in [0.15, 0.2) is 17.3 Å². The van der Waals surface area contributed by atoms with Crippen molar-refractivity contribution in [2.75, 3.05) is 5.32 Å². The van der Waals surface area contributed by atoms with Crippen LogP contribution in [0.1, 0.15) is 16.2 Å². The summed E-state index contributed by atoms with van der Waals surface area (Å²) in [6.07, 6.45) is 0. The number of nitrogens with one attached hydrogen (secondary N) is 1. The van der Waals surface area contributed by atoms with Gasteiger partial charge in [0.25, 0.3) is 5.91 Å². The maximum Gasteiger partial charge on any atom is 0.279 e. The summed E-state index contributed by atoms with van der Waals surface area (Å²) in [5.41, 5.74) is 0.691. The number of aromatic nitrogens is 2. The lowest BCUT2D eigenvalue weighted by Crippen LogP contribution is -2.12. The molecule has 6 nitrogen and oxygen atoms in total. The number of halogens is 2. The second-order valence-corrected chi connectivity index (χ2v) is 5.32. The molecule has 2 heterocycles. The molecule has 3 rings (SSSR count). The maximum atomic E-state index is 12.0. The number of rotatable bonds is 3. The third-order valence-electron chi connectivity index (χ3n) is 2.81. The van der Waals surface area contributed by atoms with Crippen LogP contribution in [0.25, 0.3) is 11.3 Å². The van der Waals surface area contributed by atoms with Gasteiger partial charge in [-0.3, -0.25) is 4.79 Å². The van der Waals surface area contributed by atoms with Gasteiger partial charge in [0.2, 0.25) is 0 Å². The van der Waals surface area contributed by atoms with Crippen LogP contribution >= 0.6 is 23.2 Å². The van der Waals surface area contributed by atoms with E-state index in [1.54, 1.807) is 31.2 Å². The Morgan fingerprint density at radius 3 is 2.64 bits per heavy atom. The molecule has 0 bridgehead atoms. The third kappa shape index (κ3) is 2.98. The van der Waals surface area contributed by atoms with Crippen LogP contribution in [0.4, 0.5) is 5.82 Å². The highest BCUT2D eigenvalue weighted by Gasteiger charge is 2.16. The second-order valence-electron chi connectivity index (χ2n) is 4.48. The number of benzene rings is 1. The molecule has 0 aliphatic rings. The lowest BCUT2D eigenvalue weighted by Gasteiger charge is -1.99. The molecule has 0 fully saturated rings. The molecule has 0 radical (unpaired) electrons. The molecule has 1 N–H and O–H groups in total. The van der Waals surface area contributed by atoms with Crippen LogP contribution in [0.2, 0.25) is 10.0 Å². The zero-order valence-corrected chi connectivity index (χ0v) is 12.8. The fourth-order valence-corrected chi connectivity index (χ4v) is 2.31. The van der Waals surface area contributed by atoms with Crippen molar-refractivity contribution in [2.45, 2.75) is 6.92 Å². The summed E-state index contributed by atoms with van der Waals surface area (Å²) in [6.45, 7) is 1.72. The Kier molecular flexibility index (Phi) is 3.87. The summed E-state index contributed by atoms with van der Waals surface area (Å²) in [7, 11) is 0. The number of hydrogen-bond acceptors (Lipinski definition) is 5. The van der Waals surface area contributed by atoms with E-state index < -0.39 is 5.91 Å². The number of aryl methyl sites for hydroxylation is 1. The number of carbonyl (C=O) groups is 1. The van der Waals surface area contributed by atoms with Gasteiger partial charge in [-0.1, -0.05) is 33.5 Å². The van der Waals surface area contributed by atoms with E-state index in [0.717, 1.165) is 0 Å². The van der Waals surface area contributed by atoms with Crippen LogP contribution in [0.3, 0.4) is 0 Å². The van der Waals surface area contributed by atoms with Gasteiger partial charge in [0.1, 0.15) is 5.76 Å². The standard InChI is InChI=1S/C14H9Cl2N3O3/c1-7-4-13(19-21-7)17-14(20)11-6-12(22-18-11)9-3-2-8(15)5-10(9)16/h2-6H,1H3,(H,17,19,20). The van der Waals surface area contributed by atoms with Gasteiger partial charge < -0.3 is 14.4 Å². The summed E-state index contributed by atoms with van der Waals surface area (Å²) in [6, 6.07) is 8.02. The second kappa shape index (κ2) is 5.82. The van der Waals surface area contributed by atoms with Gasteiger partial charge in [0.05, 0.1) is 5.02 Å². The number of amides is 1. The Morgan fingerprint density at radius 2 is 1.95 bits per heavy atom. The van der Waals surface area contributed by atoms with Crippen molar-refractivity contribution >= 4 is 34.9 Å². The van der Waals surface area contributed by atoms with E-state index in [9.17, 15) is 4.79 Å². The van der Waals surface area contributed by atoms with Crippen molar-refractivity contribution in [3.05, 3.63) is 51.8 Å². The van der Waals surface area contributed by atoms with E-state index in [4.69, 9.17) is 32.2 Å². The monoisotopic (exact) mass is 337 g/mol. The van der Waals surface area contributed by atoms with E-state index in [0.29, 0.717) is 32.9 Å². The molecule has 1 aromatic carbocycles. The number of carbonyl (C=O) groups excluding carboxylic acids is 1. The van der Waals surface area contributed by atoms with Crippen molar-refractivity contribution in [3.63, 3.8) is 0 Å². The van der Waals surface area contributed by atoms with Gasteiger partial charge in [-0.15, -0.1) is 0 Å². The molecular weight excluding hydrogens is 329 g/mol. The van der Waals surface area contributed by atoms with Crippen molar-refractivity contribution in [3.8, 4) is 11.3 Å². The van der Waals surface area contributed by atoms with Crippen LogP contribution in [0.15, 0.2) is 39.4 Å². The van der Waals surface area contributed by atoms with E-state index in [1.807, 2.05) is 0 Å². The van der Waals surface area contributed by atoms with Crippen molar-refractivity contribution < 1.29 is 13.8 Å². The SMILES string of the molecule is Cc1cc(NC(=O)c2cc(-c3ccc(Cl)cc3Cl)on2)no1. The molecule has 8 heteroatoms. The molecular formula is C14H9Cl2N3O3. The number of anilines is 1. The minimum atomic E-state index is -0.464. The summed E-state index contributed by atoms with van der Waals surface area (Å²) in [5.74, 6) is 0.789. The Hall–Kier alpha value is -2.31. The van der Waals surface area contributed by atoms with Gasteiger partial charge in [0, 0.05) is 22.7 Å². The van der Waals surface area contributed by atoms with Gasteiger partial charge in [-0.2, -0.15) is 0 Å². The Balaban J connectivity index is 1.82. The summed E-state index contributed by atoms with van der Waals surface area (Å²) in [4.78, 5) is 12.0. The quantitative estimate of drug-likeness (QED) is 0.774. The highest BCUT2D eigenvalue weighted by Crippen LogP contribution is 2.30. The highest BCUT2D eigenvalue weighted by atomic mass is 35.5. The molecule has 0 spiro atoms. The van der Waals surface area contributed by atoms with Crippen LogP contribution in [-0.2, 0) is 0 Å². The lowest BCUT2D eigenvalue weighted by molar-refractivity contribution is 0.101. The molecule has 22 heavy (non-hydrogen) atoms. The molecule has 0 aliphatic carbocycles. The van der Waals surface area contributed by atoms with E-state index in [2.05, 4.69) is 15.6 Å². The maximum absolute atomic E-state index is 12.0. The van der Waals surface area contributed by atoms with Crippen molar-refractivity contribution in [1.82, 2.24) is 10.3 Å². The van der Waals surface area contributed by atoms with Crippen LogP contribution < -0.4 is 5.32 Å². The highest BCUT2D eigenvalue weighted by molar-refractivity contribution is 6.36. The zero-order chi connectivity index (χ0) is 15.7. The first-order valence-corrected chi connectivity index (χ1v) is 6.95. The summed E-state index contributed by atoms with van der Waals surface area (Å²) in [5, 5.41) is 10.9. The fourth-order valence-electron chi connectivity index (χ4n) is 1.80. The molecule has 2 aromatic heterocycles. The van der Waals surface area contributed by atoms with E-state index in [-0.39, 0.29) is 5.69 Å². The Bertz CT molecular complexity index is 841. The van der Waals surface area contributed by atoms with E-state index in [1.165, 1.54) is 6.07 Å². The Labute approximate surface area is 135 Å². The van der Waals surface area contributed by atoms with Gasteiger partial charge in [-0.25, -0.2) is 0 Å². The first-order chi connectivity index (χ1) is 10.5. The molecule has 0 unspecified atom stereocenters. The average Bonchev–Trinajstić information content (AvgIpc) is 3.08. The normalized spacial score (nSPS) is 10.7. The Morgan fingerprint density at radius 1 is 1.14 bits per heavy atom. The summed E-state index contributed by atoms with van der Waals surface area (Å²) < 4.78 is 10.0. The molecule has 0 saturated carbocycles. The molecule has 0 aliphatic heterocycles. The molecule has 0 atom stereocenters. The van der Waals surface area contributed by atoms with Crippen LogP contribution in [-0.4, -0.2) is 16.2 Å². The molecule has 0 saturated heterocycles. The van der Waals surface area contributed by atoms with Gasteiger partial charge >= 0.3 is 0 Å². The number of hydrogen-bond donors (Lipinski definition) is 1. The third-order valence-corrected chi connectivity index (χ3v) is 3.36. The van der Waals surface area contributed by atoms with Crippen LogP contribution in [0.5, 0.6) is 0 Å². The average molecular weight is 338 g/mol. The molecule has 112 valence electrons. The van der Waals surface area contributed by atoms with Crippen molar-refractivity contribution in [2.24, 2.45) is 0 Å². The predicted octanol–water partition coefficient (Wildman–Crippen LogP) is 4.20. The smallest absolute Gasteiger partial charge is 0.279 e. The first kappa shape index (κ1) is 14.6. The topological polar surface area (TPSA) is 81.2 Å². The minimum absolute atomic E-state index is 0.0988. The minimum Gasteiger partial charge on any atom is -0.360 e. The first-order valence-electron chi connectivity index (χ1n) is 6.20. The number of nitrogens with zero attached hydrogens (tertiary/aromatic N) is 2. The molecule has 3 aromatic rings. The summed E-state index contributed by atoms with van der Waals surface area (Å²) >= 11 is 11.9. The zero-order valence-electron chi connectivity index (χ0n) is 11.3. The van der Waals surface area contributed by atoms with E-state index >= 15 is 0 Å². The fraction of sp³-hybridized carbons (Fsp3) is 0.0714. The molecule has 1 amide bonds. The van der Waals surface area contributed by atoms with Crippen LogP contribution in [0, 0.1) is 6.92 Å². The van der Waals surface area contributed by atoms with Crippen molar-refractivity contribution in [1.29, 1.82) is 0 Å². The lowest BCUT2D eigenvalue weighted by atomic mass is 10.1. The largest absolute Gasteiger partial charge is 0.360 e.